The van der Waals surface area contributed by atoms with E-state index in [0.29, 0.717) is 12.3 Å². The van der Waals surface area contributed by atoms with Crippen molar-refractivity contribution in [3.8, 4) is 11.5 Å². The van der Waals surface area contributed by atoms with Gasteiger partial charge in [0, 0.05) is 18.3 Å². The molecule has 0 unspecified atom stereocenters. The number of aryl methyl sites for hydroxylation is 1. The van der Waals surface area contributed by atoms with E-state index in [4.69, 9.17) is 9.47 Å². The van der Waals surface area contributed by atoms with Gasteiger partial charge in [0.2, 0.25) is 0 Å². The number of fused-ring (bicyclic) bond motifs is 1. The fraction of sp³-hybridized carbons (Fsp3) is 0.278. The van der Waals surface area contributed by atoms with Crippen molar-refractivity contribution in [1.82, 2.24) is 0 Å². The van der Waals surface area contributed by atoms with Crippen LogP contribution in [-0.4, -0.2) is 31.1 Å². The molecule has 0 saturated carbocycles. The quantitative estimate of drug-likeness (QED) is 0.616. The lowest BCUT2D eigenvalue weighted by molar-refractivity contribution is -0.384. The van der Waals surface area contributed by atoms with Crippen molar-refractivity contribution in [3.05, 3.63) is 58.1 Å². The van der Waals surface area contributed by atoms with Crippen molar-refractivity contribution in [1.29, 1.82) is 0 Å². The number of carbonyl (C=O) groups excluding carboxylic acids is 1. The third-order valence-electron chi connectivity index (χ3n) is 4.12. The van der Waals surface area contributed by atoms with Crippen LogP contribution in [0.15, 0.2) is 42.5 Å². The summed E-state index contributed by atoms with van der Waals surface area (Å²) in [6, 6.07) is 11.9. The third-order valence-corrected chi connectivity index (χ3v) is 4.12. The van der Waals surface area contributed by atoms with E-state index < -0.39 is 4.92 Å². The third kappa shape index (κ3) is 3.55. The van der Waals surface area contributed by atoms with Crippen molar-refractivity contribution in [2.24, 2.45) is 0 Å². The second-order valence-corrected chi connectivity index (χ2v) is 5.66. The molecule has 0 radical (unpaired) electrons. The number of nitro benzene ring substituents is 1. The molecule has 130 valence electrons. The van der Waals surface area contributed by atoms with E-state index in [2.05, 4.69) is 0 Å². The summed E-state index contributed by atoms with van der Waals surface area (Å²) in [5.74, 6) is 0.361. The molecule has 0 aromatic heterocycles. The van der Waals surface area contributed by atoms with E-state index in [1.165, 1.54) is 25.3 Å². The van der Waals surface area contributed by atoms with Gasteiger partial charge in [0.25, 0.3) is 11.6 Å². The standard InChI is InChI=1S/C18H18N2O5/c1-24-17-11-14(20(22)23)8-9-16(17)25-12-18(21)19-10-4-6-13-5-2-3-7-15(13)19/h2-3,5,7-9,11H,4,6,10,12H2,1H3. The maximum absolute atomic E-state index is 12.6. The van der Waals surface area contributed by atoms with Crippen LogP contribution in [0.4, 0.5) is 11.4 Å². The summed E-state index contributed by atoms with van der Waals surface area (Å²) in [6.07, 6.45) is 1.86. The van der Waals surface area contributed by atoms with E-state index in [9.17, 15) is 14.9 Å². The van der Waals surface area contributed by atoms with Crippen LogP contribution >= 0.6 is 0 Å². The minimum absolute atomic E-state index is 0.0968. The van der Waals surface area contributed by atoms with Crippen LogP contribution in [0.25, 0.3) is 0 Å². The smallest absolute Gasteiger partial charge is 0.273 e. The van der Waals surface area contributed by atoms with Crippen molar-refractivity contribution in [2.75, 3.05) is 25.2 Å². The minimum Gasteiger partial charge on any atom is -0.493 e. The summed E-state index contributed by atoms with van der Waals surface area (Å²) in [5.41, 5.74) is 1.97. The van der Waals surface area contributed by atoms with Gasteiger partial charge in [-0.3, -0.25) is 14.9 Å². The number of nitrogens with zero attached hydrogens (tertiary/aromatic N) is 2. The highest BCUT2D eigenvalue weighted by atomic mass is 16.6. The van der Waals surface area contributed by atoms with E-state index in [0.717, 1.165) is 24.1 Å². The number of carbonyl (C=O) groups is 1. The number of anilines is 1. The van der Waals surface area contributed by atoms with E-state index >= 15 is 0 Å². The van der Waals surface area contributed by atoms with E-state index in [1.807, 2.05) is 24.3 Å². The SMILES string of the molecule is COc1cc([N+](=O)[O-])ccc1OCC(=O)N1CCCc2ccccc21. The van der Waals surface area contributed by atoms with Crippen LogP contribution in [0.2, 0.25) is 0 Å². The molecule has 25 heavy (non-hydrogen) atoms. The second kappa shape index (κ2) is 7.21. The molecule has 0 atom stereocenters. The minimum atomic E-state index is -0.512. The Morgan fingerprint density at radius 2 is 2.04 bits per heavy atom. The Labute approximate surface area is 144 Å². The topological polar surface area (TPSA) is 81.9 Å². The lowest BCUT2D eigenvalue weighted by atomic mass is 10.0. The first-order chi connectivity index (χ1) is 12.1. The number of non-ortho nitro benzene ring substituents is 1. The molecule has 0 N–H and O–H groups in total. The molecule has 1 heterocycles. The summed E-state index contributed by atoms with van der Waals surface area (Å²) < 4.78 is 10.7. The Balaban J connectivity index is 1.72. The molecule has 1 aliphatic heterocycles. The second-order valence-electron chi connectivity index (χ2n) is 5.66. The molecular weight excluding hydrogens is 324 g/mol. The van der Waals surface area contributed by atoms with Gasteiger partial charge in [0.1, 0.15) is 0 Å². The number of rotatable bonds is 5. The van der Waals surface area contributed by atoms with Crippen LogP contribution in [0.3, 0.4) is 0 Å². The maximum atomic E-state index is 12.6. The van der Waals surface area contributed by atoms with E-state index in [1.54, 1.807) is 4.90 Å². The molecule has 2 aromatic rings. The first-order valence-electron chi connectivity index (χ1n) is 7.93. The summed E-state index contributed by atoms with van der Waals surface area (Å²) >= 11 is 0. The zero-order valence-electron chi connectivity index (χ0n) is 13.8. The highest BCUT2D eigenvalue weighted by Crippen LogP contribution is 2.31. The van der Waals surface area contributed by atoms with Crippen LogP contribution in [0, 0.1) is 10.1 Å². The van der Waals surface area contributed by atoms with Crippen molar-refractivity contribution in [3.63, 3.8) is 0 Å². The van der Waals surface area contributed by atoms with E-state index in [-0.39, 0.29) is 24.0 Å². The largest absolute Gasteiger partial charge is 0.493 e. The van der Waals surface area contributed by atoms with Gasteiger partial charge in [-0.1, -0.05) is 18.2 Å². The first kappa shape index (κ1) is 16.8. The molecule has 0 bridgehead atoms. The monoisotopic (exact) mass is 342 g/mol. The highest BCUT2D eigenvalue weighted by molar-refractivity contribution is 5.95. The Bertz CT molecular complexity index is 806. The molecule has 7 heteroatoms. The molecule has 1 amide bonds. The Hall–Kier alpha value is -3.09. The summed E-state index contributed by atoms with van der Waals surface area (Å²) in [4.78, 5) is 24.6. The number of methoxy groups -OCH3 is 1. The lowest BCUT2D eigenvalue weighted by Gasteiger charge is -2.29. The number of hydrogen-bond donors (Lipinski definition) is 0. The van der Waals surface area contributed by atoms with Gasteiger partial charge in [-0.15, -0.1) is 0 Å². The van der Waals surface area contributed by atoms with Gasteiger partial charge < -0.3 is 14.4 Å². The fourth-order valence-electron chi connectivity index (χ4n) is 2.90. The normalized spacial score (nSPS) is 13.1. The maximum Gasteiger partial charge on any atom is 0.273 e. The molecule has 0 saturated heterocycles. The van der Waals surface area contributed by atoms with Gasteiger partial charge in [-0.25, -0.2) is 0 Å². The number of amides is 1. The van der Waals surface area contributed by atoms with Crippen molar-refractivity contribution in [2.45, 2.75) is 12.8 Å². The number of nitro groups is 1. The molecule has 0 aliphatic carbocycles. The summed E-state index contributed by atoms with van der Waals surface area (Å²) in [7, 11) is 1.40. The van der Waals surface area contributed by atoms with Crippen LogP contribution in [0.1, 0.15) is 12.0 Å². The zero-order valence-corrected chi connectivity index (χ0v) is 13.8. The zero-order chi connectivity index (χ0) is 17.8. The number of hydrogen-bond acceptors (Lipinski definition) is 5. The predicted octanol–water partition coefficient (Wildman–Crippen LogP) is 2.96. The van der Waals surface area contributed by atoms with Gasteiger partial charge in [-0.2, -0.15) is 0 Å². The van der Waals surface area contributed by atoms with Gasteiger partial charge in [0.05, 0.1) is 18.1 Å². The van der Waals surface area contributed by atoms with Crippen LogP contribution < -0.4 is 14.4 Å². The first-order valence-corrected chi connectivity index (χ1v) is 7.93. The highest BCUT2D eigenvalue weighted by Gasteiger charge is 2.23. The van der Waals surface area contributed by atoms with Gasteiger partial charge >= 0.3 is 0 Å². The average molecular weight is 342 g/mol. The Morgan fingerprint density at radius 1 is 1.24 bits per heavy atom. The predicted molar refractivity (Wildman–Crippen MR) is 92.3 cm³/mol. The number of ether oxygens (including phenoxy) is 2. The van der Waals surface area contributed by atoms with Crippen LogP contribution in [0.5, 0.6) is 11.5 Å². The molecule has 1 aliphatic rings. The number of para-hydroxylation sites is 1. The van der Waals surface area contributed by atoms with Crippen molar-refractivity contribution >= 4 is 17.3 Å². The number of benzene rings is 2. The molecule has 0 fully saturated rings. The lowest BCUT2D eigenvalue weighted by Crippen LogP contribution is -2.38. The molecular formula is C18H18N2O5. The molecule has 0 spiro atoms. The molecule has 7 nitrogen and oxygen atoms in total. The van der Waals surface area contributed by atoms with Gasteiger partial charge in [-0.05, 0) is 30.5 Å². The Kier molecular flexibility index (Phi) is 4.83. The fourth-order valence-corrected chi connectivity index (χ4v) is 2.90. The molecule has 3 rings (SSSR count). The summed E-state index contributed by atoms with van der Waals surface area (Å²) in [5, 5.41) is 10.8. The van der Waals surface area contributed by atoms with Crippen molar-refractivity contribution < 1.29 is 19.2 Å². The average Bonchev–Trinajstić information content (AvgIpc) is 2.65. The van der Waals surface area contributed by atoms with Crippen LogP contribution in [-0.2, 0) is 11.2 Å². The molecule has 2 aromatic carbocycles. The summed E-state index contributed by atoms with van der Waals surface area (Å²) in [6.45, 7) is 0.485. The Morgan fingerprint density at radius 3 is 2.80 bits per heavy atom. The van der Waals surface area contributed by atoms with Gasteiger partial charge in [0.15, 0.2) is 18.1 Å².